The Kier molecular flexibility index (Phi) is 5.24. The van der Waals surface area contributed by atoms with E-state index < -0.39 is 0 Å². The molecule has 3 aromatic carbocycles. The number of rotatable bonds is 4. The molecule has 5 rings (SSSR count). The maximum atomic E-state index is 12.9. The van der Waals surface area contributed by atoms with Crippen molar-refractivity contribution in [2.75, 3.05) is 16.8 Å². The van der Waals surface area contributed by atoms with Crippen molar-refractivity contribution >= 4 is 23.2 Å². The van der Waals surface area contributed by atoms with Crippen LogP contribution in [0.2, 0.25) is 0 Å². The van der Waals surface area contributed by atoms with Gasteiger partial charge in [-0.3, -0.25) is 9.59 Å². The minimum atomic E-state index is -0.326. The normalized spacial score (nSPS) is 19.8. The maximum absolute atomic E-state index is 12.9. The van der Waals surface area contributed by atoms with Crippen LogP contribution >= 0.6 is 0 Å². The Balaban J connectivity index is 1.21. The summed E-state index contributed by atoms with van der Waals surface area (Å²) in [5.41, 5.74) is 10.9. The van der Waals surface area contributed by atoms with Gasteiger partial charge < -0.3 is 10.2 Å². The van der Waals surface area contributed by atoms with E-state index in [0.717, 1.165) is 17.7 Å². The molecule has 2 atom stereocenters. The Bertz CT molecular complexity index is 1100. The van der Waals surface area contributed by atoms with E-state index in [9.17, 15) is 9.59 Å². The van der Waals surface area contributed by atoms with Crippen LogP contribution < -0.4 is 21.1 Å². The van der Waals surface area contributed by atoms with Crippen LogP contribution in [0.3, 0.4) is 0 Å². The summed E-state index contributed by atoms with van der Waals surface area (Å²) in [6.07, 6.45) is 1.54. The molecular formula is C25H24N4O2. The van der Waals surface area contributed by atoms with Crippen LogP contribution in [0.4, 0.5) is 11.4 Å². The quantitative estimate of drug-likeness (QED) is 0.614. The molecule has 156 valence electrons. The number of carbonyl (C=O) groups excluding carboxylic acids is 2. The highest BCUT2D eigenvalue weighted by molar-refractivity contribution is 6.07. The van der Waals surface area contributed by atoms with Gasteiger partial charge in [0.25, 0.3) is 5.91 Å². The van der Waals surface area contributed by atoms with Gasteiger partial charge in [-0.15, -0.1) is 0 Å². The summed E-state index contributed by atoms with van der Waals surface area (Å²) in [4.78, 5) is 27.4. The minimum absolute atomic E-state index is 0.0183. The number of anilines is 2. The molecule has 3 aromatic rings. The Morgan fingerprint density at radius 2 is 1.61 bits per heavy atom. The molecule has 2 heterocycles. The van der Waals surface area contributed by atoms with Gasteiger partial charge in [-0.05, 0) is 54.3 Å². The molecule has 0 aliphatic carbocycles. The second kappa shape index (κ2) is 8.34. The summed E-state index contributed by atoms with van der Waals surface area (Å²) in [6.45, 7) is 0.694. The van der Waals surface area contributed by atoms with Gasteiger partial charge in [-0.2, -0.15) is 0 Å². The first-order valence-electron chi connectivity index (χ1n) is 10.6. The second-order valence-electron chi connectivity index (χ2n) is 7.94. The topological polar surface area (TPSA) is 73.5 Å². The van der Waals surface area contributed by atoms with Crippen LogP contribution in [0.25, 0.3) is 0 Å². The van der Waals surface area contributed by atoms with E-state index in [1.165, 1.54) is 5.56 Å². The van der Waals surface area contributed by atoms with E-state index in [2.05, 4.69) is 22.2 Å². The van der Waals surface area contributed by atoms with Gasteiger partial charge in [-0.25, -0.2) is 10.9 Å². The molecule has 1 fully saturated rings. The van der Waals surface area contributed by atoms with E-state index >= 15 is 0 Å². The maximum Gasteiger partial charge on any atom is 0.258 e. The minimum Gasteiger partial charge on any atom is -0.325 e. The number of benzene rings is 3. The van der Waals surface area contributed by atoms with E-state index in [1.54, 1.807) is 24.3 Å². The largest absolute Gasteiger partial charge is 0.325 e. The molecule has 2 amide bonds. The highest BCUT2D eigenvalue weighted by atomic mass is 16.2. The summed E-state index contributed by atoms with van der Waals surface area (Å²) in [6, 6.07) is 24.9. The lowest BCUT2D eigenvalue weighted by molar-refractivity contribution is -0.117. The van der Waals surface area contributed by atoms with Gasteiger partial charge >= 0.3 is 0 Å². The number of fused-ring (bicyclic) bond motifs is 1. The average Bonchev–Trinajstić information content (AvgIpc) is 3.48. The molecule has 0 radical (unpaired) electrons. The van der Waals surface area contributed by atoms with E-state index in [4.69, 9.17) is 0 Å². The summed E-state index contributed by atoms with van der Waals surface area (Å²) in [5.74, 6) is -0.117. The molecule has 6 nitrogen and oxygen atoms in total. The average molecular weight is 412 g/mol. The number of nitrogens with one attached hydrogen (secondary N) is 3. The number of hydrogen-bond acceptors (Lipinski definition) is 4. The van der Waals surface area contributed by atoms with E-state index in [-0.39, 0.29) is 23.9 Å². The summed E-state index contributed by atoms with van der Waals surface area (Å²) in [5, 5.41) is 2.94. The molecule has 31 heavy (non-hydrogen) atoms. The van der Waals surface area contributed by atoms with Crippen LogP contribution in [-0.4, -0.2) is 24.4 Å². The van der Waals surface area contributed by atoms with Crippen LogP contribution in [0, 0.1) is 0 Å². The number of para-hydroxylation sites is 1. The fraction of sp³-hybridized carbons (Fsp3) is 0.200. The van der Waals surface area contributed by atoms with Crippen molar-refractivity contribution in [3.05, 3.63) is 95.6 Å². The molecular weight excluding hydrogens is 388 g/mol. The molecule has 0 saturated carbocycles. The van der Waals surface area contributed by atoms with Gasteiger partial charge in [0.2, 0.25) is 5.91 Å². The van der Waals surface area contributed by atoms with E-state index in [0.29, 0.717) is 24.2 Å². The van der Waals surface area contributed by atoms with Crippen molar-refractivity contribution < 1.29 is 9.59 Å². The first kappa shape index (κ1) is 19.5. The third-order valence-electron chi connectivity index (χ3n) is 5.95. The predicted octanol–water partition coefficient (Wildman–Crippen LogP) is 3.44. The molecule has 2 aliphatic rings. The lowest BCUT2D eigenvalue weighted by Crippen LogP contribution is -2.39. The fourth-order valence-electron chi connectivity index (χ4n) is 4.26. The third kappa shape index (κ3) is 3.95. The molecule has 6 heteroatoms. The van der Waals surface area contributed by atoms with Crippen LogP contribution in [0.1, 0.15) is 33.9 Å². The van der Waals surface area contributed by atoms with E-state index in [1.807, 2.05) is 53.4 Å². The summed E-state index contributed by atoms with van der Waals surface area (Å²) >= 11 is 0. The van der Waals surface area contributed by atoms with Crippen LogP contribution in [0.5, 0.6) is 0 Å². The molecule has 0 spiro atoms. The molecule has 2 aliphatic heterocycles. The monoisotopic (exact) mass is 412 g/mol. The van der Waals surface area contributed by atoms with Gasteiger partial charge in [0.1, 0.15) is 6.04 Å². The lowest BCUT2D eigenvalue weighted by atomic mass is 10.0. The Labute approximate surface area is 181 Å². The first-order chi connectivity index (χ1) is 15.2. The Morgan fingerprint density at radius 3 is 2.42 bits per heavy atom. The smallest absolute Gasteiger partial charge is 0.258 e. The van der Waals surface area contributed by atoms with Crippen molar-refractivity contribution in [1.82, 2.24) is 10.9 Å². The second-order valence-corrected chi connectivity index (χ2v) is 7.94. The van der Waals surface area contributed by atoms with Crippen LogP contribution in [0.15, 0.2) is 78.9 Å². The summed E-state index contributed by atoms with van der Waals surface area (Å²) in [7, 11) is 0. The van der Waals surface area contributed by atoms with Gasteiger partial charge in [0.05, 0.1) is 0 Å². The Hall–Kier alpha value is -3.48. The first-order valence-corrected chi connectivity index (χ1v) is 10.6. The zero-order valence-corrected chi connectivity index (χ0v) is 17.0. The summed E-state index contributed by atoms with van der Waals surface area (Å²) < 4.78 is 0. The molecule has 0 bridgehead atoms. The number of carbonyl (C=O) groups is 2. The zero-order valence-electron chi connectivity index (χ0n) is 17.0. The van der Waals surface area contributed by atoms with Crippen molar-refractivity contribution in [2.24, 2.45) is 0 Å². The fourth-order valence-corrected chi connectivity index (χ4v) is 4.26. The van der Waals surface area contributed by atoms with Gasteiger partial charge in [0.15, 0.2) is 0 Å². The Morgan fingerprint density at radius 1 is 0.871 bits per heavy atom. The van der Waals surface area contributed by atoms with Crippen LogP contribution in [-0.2, 0) is 11.2 Å². The lowest BCUT2D eigenvalue weighted by Gasteiger charge is -2.17. The third-order valence-corrected chi connectivity index (χ3v) is 5.95. The number of hydrazine groups is 1. The van der Waals surface area contributed by atoms with Crippen molar-refractivity contribution in [2.45, 2.75) is 24.9 Å². The molecule has 0 aromatic heterocycles. The van der Waals surface area contributed by atoms with Gasteiger partial charge in [-0.1, -0.05) is 48.5 Å². The highest BCUT2D eigenvalue weighted by Crippen LogP contribution is 2.29. The van der Waals surface area contributed by atoms with Crippen molar-refractivity contribution in [3.63, 3.8) is 0 Å². The molecule has 3 N–H and O–H groups in total. The number of hydrogen-bond donors (Lipinski definition) is 3. The van der Waals surface area contributed by atoms with Crippen molar-refractivity contribution in [1.29, 1.82) is 0 Å². The van der Waals surface area contributed by atoms with Gasteiger partial charge in [0, 0.05) is 29.5 Å². The highest BCUT2D eigenvalue weighted by Gasteiger charge is 2.30. The molecule has 2 unspecified atom stereocenters. The predicted molar refractivity (Wildman–Crippen MR) is 121 cm³/mol. The number of nitrogens with zero attached hydrogens (tertiary/aromatic N) is 1. The standard InChI is InChI=1S/C25H24N4O2/c30-24(22-16-21(27-28-22)17-6-2-1-3-7-17)26-20-12-10-19(11-13-20)25(31)29-15-14-18-8-4-5-9-23(18)29/h1-13,21-22,27-28H,14-16H2,(H,26,30). The number of amides is 2. The SMILES string of the molecule is O=C(Nc1ccc(C(=O)N2CCc3ccccc32)cc1)C1CC(c2ccccc2)NN1. The van der Waals surface area contributed by atoms with Crippen molar-refractivity contribution in [3.8, 4) is 0 Å². The zero-order chi connectivity index (χ0) is 21.2. The molecule has 1 saturated heterocycles.